The SMILES string of the molecule is O=P(Cl)(O/C(=C\Cl)CCl)O/C(=C/Cl)CCl. The fourth-order valence-electron chi connectivity index (χ4n) is 0.446. The highest BCUT2D eigenvalue weighted by Crippen LogP contribution is 2.57. The molecule has 0 aromatic carbocycles. The van der Waals surface area contributed by atoms with Crippen LogP contribution in [0.2, 0.25) is 0 Å². The quantitative estimate of drug-likeness (QED) is 0.389. The molecule has 0 aromatic heterocycles. The van der Waals surface area contributed by atoms with Crippen molar-refractivity contribution < 1.29 is 13.6 Å². The molecule has 0 aliphatic rings. The van der Waals surface area contributed by atoms with E-state index in [1.165, 1.54) is 0 Å². The molecule has 0 heterocycles. The van der Waals surface area contributed by atoms with Gasteiger partial charge < -0.3 is 9.05 Å². The van der Waals surface area contributed by atoms with Gasteiger partial charge in [0.1, 0.15) is 11.5 Å². The first-order chi connectivity index (χ1) is 6.99. The highest BCUT2D eigenvalue weighted by Gasteiger charge is 2.26. The Labute approximate surface area is 112 Å². The fourth-order valence-corrected chi connectivity index (χ4v) is 2.75. The van der Waals surface area contributed by atoms with Crippen LogP contribution in [0.4, 0.5) is 0 Å². The molecule has 0 aromatic rings. The summed E-state index contributed by atoms with van der Waals surface area (Å²) < 4.78 is 20.9. The van der Waals surface area contributed by atoms with Crippen molar-refractivity contribution in [1.29, 1.82) is 0 Å². The number of alkyl halides is 2. The smallest absolute Gasteiger partial charge is 0.407 e. The lowest BCUT2D eigenvalue weighted by atomic mass is 10.7. The topological polar surface area (TPSA) is 35.5 Å². The van der Waals surface area contributed by atoms with E-state index in [9.17, 15) is 4.57 Å². The standard InChI is InChI=1S/C6H6Cl5O3P/c7-1-5(2-8)13-15(11,12)14-6(3-9)4-10/h1,3H,2,4H2/b5-1-,6-3+. The van der Waals surface area contributed by atoms with Gasteiger partial charge in [-0.2, -0.15) is 0 Å². The third kappa shape index (κ3) is 6.83. The first-order valence-corrected chi connectivity index (χ1v) is 7.77. The van der Waals surface area contributed by atoms with Crippen molar-refractivity contribution in [3.63, 3.8) is 0 Å². The molecule has 0 radical (unpaired) electrons. The monoisotopic (exact) mass is 332 g/mol. The van der Waals surface area contributed by atoms with Crippen LogP contribution in [0.3, 0.4) is 0 Å². The summed E-state index contributed by atoms with van der Waals surface area (Å²) >= 11 is 26.8. The Kier molecular flexibility index (Phi) is 8.34. The van der Waals surface area contributed by atoms with E-state index in [0.717, 1.165) is 11.1 Å². The van der Waals surface area contributed by atoms with Crippen LogP contribution in [0.25, 0.3) is 0 Å². The van der Waals surface area contributed by atoms with E-state index in [4.69, 9.17) is 66.7 Å². The van der Waals surface area contributed by atoms with Crippen molar-refractivity contribution in [2.45, 2.75) is 0 Å². The Hall–Kier alpha value is 0.760. The summed E-state index contributed by atoms with van der Waals surface area (Å²) in [5, 5.41) is 0. The molecule has 1 atom stereocenters. The van der Waals surface area contributed by atoms with E-state index < -0.39 is 6.95 Å². The van der Waals surface area contributed by atoms with Crippen molar-refractivity contribution in [2.75, 3.05) is 11.8 Å². The van der Waals surface area contributed by atoms with Crippen LogP contribution < -0.4 is 0 Å². The molecule has 0 spiro atoms. The van der Waals surface area contributed by atoms with Crippen LogP contribution in [0.1, 0.15) is 0 Å². The van der Waals surface area contributed by atoms with E-state index >= 15 is 0 Å². The maximum absolute atomic E-state index is 11.5. The zero-order valence-electron chi connectivity index (χ0n) is 7.13. The molecule has 0 amide bonds. The van der Waals surface area contributed by atoms with Gasteiger partial charge in [-0.05, 0) is 0 Å². The molecule has 0 rings (SSSR count). The van der Waals surface area contributed by atoms with Gasteiger partial charge in [-0.15, -0.1) is 23.2 Å². The van der Waals surface area contributed by atoms with Gasteiger partial charge in [0.25, 0.3) is 0 Å². The molecule has 0 aliphatic carbocycles. The first kappa shape index (κ1) is 15.8. The second-order valence-electron chi connectivity index (χ2n) is 2.03. The molecule has 0 bridgehead atoms. The maximum Gasteiger partial charge on any atom is 0.529 e. The second kappa shape index (κ2) is 7.94. The molecule has 0 N–H and O–H groups in total. The number of allylic oxidation sites excluding steroid dienone is 2. The molecule has 88 valence electrons. The predicted octanol–water partition coefficient (Wildman–Crippen LogP) is 5.00. The van der Waals surface area contributed by atoms with E-state index in [1.54, 1.807) is 0 Å². The van der Waals surface area contributed by atoms with Gasteiger partial charge in [-0.1, -0.05) is 23.2 Å². The highest BCUT2D eigenvalue weighted by molar-refractivity contribution is 7.81. The summed E-state index contributed by atoms with van der Waals surface area (Å²) in [6.45, 7) is -3.87. The van der Waals surface area contributed by atoms with Gasteiger partial charge in [0.2, 0.25) is 0 Å². The van der Waals surface area contributed by atoms with E-state index in [0.29, 0.717) is 0 Å². The lowest BCUT2D eigenvalue weighted by molar-refractivity contribution is 0.310. The summed E-state index contributed by atoms with van der Waals surface area (Å²) in [6.07, 6.45) is 0. The van der Waals surface area contributed by atoms with Crippen LogP contribution in [0.5, 0.6) is 0 Å². The van der Waals surface area contributed by atoms with Gasteiger partial charge in [0, 0.05) is 22.3 Å². The van der Waals surface area contributed by atoms with Crippen LogP contribution in [0.15, 0.2) is 22.6 Å². The minimum Gasteiger partial charge on any atom is -0.407 e. The molecule has 0 aliphatic heterocycles. The van der Waals surface area contributed by atoms with Gasteiger partial charge in [0.15, 0.2) is 0 Å². The van der Waals surface area contributed by atoms with Gasteiger partial charge in [-0.25, -0.2) is 4.57 Å². The number of hydrogen-bond acceptors (Lipinski definition) is 3. The van der Waals surface area contributed by atoms with E-state index in [2.05, 4.69) is 0 Å². The summed E-state index contributed by atoms with van der Waals surface area (Å²) in [5.74, 6) is -0.158. The normalized spacial score (nSPS) is 17.1. The van der Waals surface area contributed by atoms with Crippen molar-refractivity contribution in [3.05, 3.63) is 22.6 Å². The zero-order valence-corrected chi connectivity index (χ0v) is 11.8. The molecule has 0 saturated heterocycles. The van der Waals surface area contributed by atoms with Crippen LogP contribution in [0, 0.1) is 0 Å². The van der Waals surface area contributed by atoms with Crippen molar-refractivity contribution in [2.24, 2.45) is 0 Å². The first-order valence-electron chi connectivity index (χ1n) is 3.38. The van der Waals surface area contributed by atoms with Crippen molar-refractivity contribution >= 4 is 64.6 Å². The molecule has 0 saturated carbocycles. The number of halogens is 5. The minimum atomic E-state index is -3.87. The Bertz CT molecular complexity index is 277. The third-order valence-electron chi connectivity index (χ3n) is 0.959. The van der Waals surface area contributed by atoms with Crippen molar-refractivity contribution in [3.8, 4) is 0 Å². The number of hydrogen-bond donors (Lipinski definition) is 0. The zero-order chi connectivity index (χ0) is 11.9. The van der Waals surface area contributed by atoms with Crippen LogP contribution in [-0.4, -0.2) is 11.8 Å². The predicted molar refractivity (Wildman–Crippen MR) is 64.9 cm³/mol. The third-order valence-corrected chi connectivity index (χ3v) is 3.29. The average molecular weight is 334 g/mol. The Morgan fingerprint density at radius 2 is 1.40 bits per heavy atom. The lowest BCUT2D eigenvalue weighted by Gasteiger charge is -2.14. The minimum absolute atomic E-state index is 0.0140. The lowest BCUT2D eigenvalue weighted by Crippen LogP contribution is -1.94. The summed E-state index contributed by atoms with van der Waals surface area (Å²) in [6, 6.07) is 0. The van der Waals surface area contributed by atoms with E-state index in [-0.39, 0.29) is 23.3 Å². The molecule has 15 heavy (non-hydrogen) atoms. The fraction of sp³-hybridized carbons (Fsp3) is 0.333. The molecule has 1 unspecified atom stereocenters. The maximum atomic E-state index is 11.5. The Balaban J connectivity index is 4.50. The Morgan fingerprint density at radius 1 is 1.07 bits per heavy atom. The van der Waals surface area contributed by atoms with Gasteiger partial charge in [0.05, 0.1) is 11.8 Å². The van der Waals surface area contributed by atoms with Crippen LogP contribution in [-0.2, 0) is 13.6 Å². The molecule has 0 fully saturated rings. The second-order valence-corrected chi connectivity index (χ2v) is 5.47. The molecule has 3 nitrogen and oxygen atoms in total. The highest BCUT2D eigenvalue weighted by atomic mass is 35.7. The van der Waals surface area contributed by atoms with Gasteiger partial charge >= 0.3 is 6.95 Å². The number of rotatable bonds is 6. The molecule has 9 heteroatoms. The van der Waals surface area contributed by atoms with Crippen molar-refractivity contribution in [1.82, 2.24) is 0 Å². The summed E-state index contributed by atoms with van der Waals surface area (Å²) in [5.41, 5.74) is 1.99. The van der Waals surface area contributed by atoms with Crippen LogP contribution >= 0.6 is 64.6 Å². The molecular formula is C6H6Cl5O3P. The summed E-state index contributed by atoms with van der Waals surface area (Å²) in [4.78, 5) is 0. The van der Waals surface area contributed by atoms with Gasteiger partial charge in [-0.3, -0.25) is 0 Å². The average Bonchev–Trinajstić information content (AvgIpc) is 2.22. The Morgan fingerprint density at radius 3 is 1.60 bits per heavy atom. The largest absolute Gasteiger partial charge is 0.529 e. The molecular weight excluding hydrogens is 328 g/mol. The van der Waals surface area contributed by atoms with E-state index in [1.807, 2.05) is 0 Å². The summed E-state index contributed by atoms with van der Waals surface area (Å²) in [7, 11) is 0.